The third kappa shape index (κ3) is 3.13. The minimum absolute atomic E-state index is 0.0547. The number of nitrogens with one attached hydrogen (secondary N) is 2. The van der Waals surface area contributed by atoms with Crippen molar-refractivity contribution in [1.82, 2.24) is 4.98 Å². The number of hydrogen-bond acceptors (Lipinski definition) is 5. The van der Waals surface area contributed by atoms with Gasteiger partial charge in [-0.05, 0) is 30.2 Å². The predicted octanol–water partition coefficient (Wildman–Crippen LogP) is 2.46. The van der Waals surface area contributed by atoms with Crippen LogP contribution in [-0.2, 0) is 6.54 Å². The van der Waals surface area contributed by atoms with E-state index in [1.165, 1.54) is 0 Å². The Bertz CT molecular complexity index is 853. The summed E-state index contributed by atoms with van der Waals surface area (Å²) in [6.07, 6.45) is 3.38. The Labute approximate surface area is 133 Å². The largest absolute Gasteiger partial charge is 0.376 e. The third-order valence-corrected chi connectivity index (χ3v) is 3.79. The summed E-state index contributed by atoms with van der Waals surface area (Å²) < 4.78 is 0. The van der Waals surface area contributed by atoms with Gasteiger partial charge in [0, 0.05) is 25.0 Å². The second kappa shape index (κ2) is 6.44. The van der Waals surface area contributed by atoms with Crippen LogP contribution in [0.15, 0.2) is 64.4 Å². The van der Waals surface area contributed by atoms with Crippen LogP contribution in [0, 0.1) is 0 Å². The number of benzene rings is 1. The molecule has 0 fully saturated rings. The highest BCUT2D eigenvalue weighted by Crippen LogP contribution is 2.22. The van der Waals surface area contributed by atoms with E-state index in [0.717, 1.165) is 11.1 Å². The van der Waals surface area contributed by atoms with Crippen LogP contribution in [0.5, 0.6) is 0 Å². The number of nitrogens with zero attached hydrogens (tertiary/aromatic N) is 1. The van der Waals surface area contributed by atoms with Crippen molar-refractivity contribution < 1.29 is 0 Å². The van der Waals surface area contributed by atoms with Gasteiger partial charge >= 0.3 is 0 Å². The van der Waals surface area contributed by atoms with E-state index in [0.29, 0.717) is 17.9 Å². The number of hydrogen-bond donors (Lipinski definition) is 2. The molecule has 0 amide bonds. The zero-order valence-corrected chi connectivity index (χ0v) is 12.7. The van der Waals surface area contributed by atoms with Gasteiger partial charge in [0.1, 0.15) is 11.4 Å². The summed E-state index contributed by atoms with van der Waals surface area (Å²) in [5.74, 6) is 0. The molecule has 0 spiro atoms. The van der Waals surface area contributed by atoms with Crippen LogP contribution in [0.3, 0.4) is 0 Å². The standard InChI is InChI=1S/C18H17N3O2/c1-12(14-5-3-2-4-6-14)21-16-15(17(22)18(16)23)20-11-13-7-9-19-10-8-13/h2-10,12,20-21H,11H2,1H3. The average Bonchev–Trinajstić information content (AvgIpc) is 2.62. The number of rotatable bonds is 6. The fraction of sp³-hybridized carbons (Fsp3) is 0.167. The van der Waals surface area contributed by atoms with Crippen LogP contribution in [0.4, 0.5) is 11.4 Å². The molecule has 2 aromatic carbocycles. The lowest BCUT2D eigenvalue weighted by Crippen LogP contribution is -2.37. The van der Waals surface area contributed by atoms with Gasteiger partial charge in [-0.15, -0.1) is 0 Å². The van der Waals surface area contributed by atoms with Crippen molar-refractivity contribution in [2.45, 2.75) is 19.5 Å². The van der Waals surface area contributed by atoms with Crippen molar-refractivity contribution in [3.05, 3.63) is 86.4 Å². The number of anilines is 2. The maximum Gasteiger partial charge on any atom is 0.253 e. The molecule has 0 aliphatic heterocycles. The van der Waals surface area contributed by atoms with Crippen molar-refractivity contribution in [1.29, 1.82) is 0 Å². The van der Waals surface area contributed by atoms with Crippen LogP contribution < -0.4 is 21.5 Å². The van der Waals surface area contributed by atoms with Crippen LogP contribution in [0.2, 0.25) is 0 Å². The van der Waals surface area contributed by atoms with E-state index in [1.807, 2.05) is 49.4 Å². The molecule has 0 bridgehead atoms. The van der Waals surface area contributed by atoms with E-state index in [1.54, 1.807) is 12.4 Å². The molecule has 5 nitrogen and oxygen atoms in total. The number of pyridine rings is 1. The first-order chi connectivity index (χ1) is 11.2. The van der Waals surface area contributed by atoms with E-state index >= 15 is 0 Å². The molecule has 3 aromatic rings. The second-order valence-electron chi connectivity index (χ2n) is 5.39. The minimum Gasteiger partial charge on any atom is -0.376 e. The highest BCUT2D eigenvalue weighted by molar-refractivity contribution is 5.74. The molecule has 0 aliphatic rings. The lowest BCUT2D eigenvalue weighted by atomic mass is 10.1. The van der Waals surface area contributed by atoms with Crippen molar-refractivity contribution >= 4 is 11.4 Å². The lowest BCUT2D eigenvalue weighted by Gasteiger charge is -2.20. The quantitative estimate of drug-likeness (QED) is 0.685. The van der Waals surface area contributed by atoms with Crippen LogP contribution in [-0.4, -0.2) is 4.98 Å². The molecular formula is C18H17N3O2. The minimum atomic E-state index is -0.471. The molecule has 1 heterocycles. The van der Waals surface area contributed by atoms with Crippen LogP contribution >= 0.6 is 0 Å². The fourth-order valence-electron chi connectivity index (χ4n) is 2.43. The Morgan fingerprint density at radius 1 is 0.957 bits per heavy atom. The van der Waals surface area contributed by atoms with Gasteiger partial charge in [0.25, 0.3) is 10.9 Å². The molecule has 1 aromatic heterocycles. The molecule has 116 valence electrons. The average molecular weight is 307 g/mol. The first-order valence-electron chi connectivity index (χ1n) is 7.44. The van der Waals surface area contributed by atoms with E-state index in [2.05, 4.69) is 15.6 Å². The summed E-state index contributed by atoms with van der Waals surface area (Å²) in [6.45, 7) is 2.43. The summed E-state index contributed by atoms with van der Waals surface area (Å²) in [4.78, 5) is 27.6. The van der Waals surface area contributed by atoms with E-state index in [-0.39, 0.29) is 6.04 Å². The highest BCUT2D eigenvalue weighted by atomic mass is 16.2. The van der Waals surface area contributed by atoms with Crippen molar-refractivity contribution in [3.63, 3.8) is 0 Å². The molecule has 1 atom stereocenters. The van der Waals surface area contributed by atoms with Gasteiger partial charge < -0.3 is 10.6 Å². The van der Waals surface area contributed by atoms with Gasteiger partial charge in [-0.1, -0.05) is 30.3 Å². The summed E-state index contributed by atoms with van der Waals surface area (Å²) >= 11 is 0. The SMILES string of the molecule is CC(Nc1c(NCc2ccncc2)c(=O)c1=O)c1ccccc1. The zero-order valence-electron chi connectivity index (χ0n) is 12.7. The van der Waals surface area contributed by atoms with Crippen molar-refractivity contribution in [3.8, 4) is 0 Å². The molecule has 0 radical (unpaired) electrons. The Hall–Kier alpha value is -2.95. The predicted molar refractivity (Wildman–Crippen MR) is 91.4 cm³/mol. The summed E-state index contributed by atoms with van der Waals surface area (Å²) in [6, 6.07) is 13.4. The Morgan fingerprint density at radius 3 is 2.30 bits per heavy atom. The molecule has 3 rings (SSSR count). The van der Waals surface area contributed by atoms with Crippen LogP contribution in [0.1, 0.15) is 24.1 Å². The van der Waals surface area contributed by atoms with E-state index < -0.39 is 10.9 Å². The van der Waals surface area contributed by atoms with Crippen molar-refractivity contribution in [2.24, 2.45) is 0 Å². The normalized spacial score (nSPS) is 12.0. The molecule has 5 heteroatoms. The van der Waals surface area contributed by atoms with Gasteiger partial charge in [-0.25, -0.2) is 0 Å². The molecular weight excluding hydrogens is 290 g/mol. The van der Waals surface area contributed by atoms with Gasteiger partial charge in [0.05, 0.1) is 0 Å². The second-order valence-corrected chi connectivity index (χ2v) is 5.39. The molecule has 0 aliphatic carbocycles. The van der Waals surface area contributed by atoms with E-state index in [4.69, 9.17) is 0 Å². The summed E-state index contributed by atoms with van der Waals surface area (Å²) in [7, 11) is 0. The topological polar surface area (TPSA) is 71.1 Å². The monoisotopic (exact) mass is 307 g/mol. The molecule has 2 N–H and O–H groups in total. The Balaban J connectivity index is 1.73. The van der Waals surface area contributed by atoms with Gasteiger partial charge in [0.2, 0.25) is 0 Å². The smallest absolute Gasteiger partial charge is 0.253 e. The first-order valence-corrected chi connectivity index (χ1v) is 7.44. The first kappa shape index (κ1) is 15.0. The Morgan fingerprint density at radius 2 is 1.61 bits per heavy atom. The maximum absolute atomic E-state index is 11.8. The van der Waals surface area contributed by atoms with E-state index in [9.17, 15) is 9.59 Å². The zero-order chi connectivity index (χ0) is 16.2. The summed E-state index contributed by atoms with van der Waals surface area (Å²) in [5, 5.41) is 6.18. The highest BCUT2D eigenvalue weighted by Gasteiger charge is 2.22. The lowest BCUT2D eigenvalue weighted by molar-refractivity contribution is 0.878. The fourth-order valence-corrected chi connectivity index (χ4v) is 2.43. The van der Waals surface area contributed by atoms with Gasteiger partial charge in [-0.2, -0.15) is 0 Å². The molecule has 0 saturated carbocycles. The maximum atomic E-state index is 11.8. The third-order valence-electron chi connectivity index (χ3n) is 3.79. The molecule has 0 saturated heterocycles. The summed E-state index contributed by atoms with van der Waals surface area (Å²) in [5.41, 5.74) is 1.83. The number of aromatic nitrogens is 1. The van der Waals surface area contributed by atoms with Gasteiger partial charge in [0.15, 0.2) is 0 Å². The van der Waals surface area contributed by atoms with Crippen molar-refractivity contribution in [2.75, 3.05) is 10.6 Å². The van der Waals surface area contributed by atoms with Crippen LogP contribution in [0.25, 0.3) is 0 Å². The molecule has 23 heavy (non-hydrogen) atoms. The molecule has 1 unspecified atom stereocenters. The Kier molecular flexibility index (Phi) is 4.19. The van der Waals surface area contributed by atoms with Gasteiger partial charge in [-0.3, -0.25) is 14.6 Å².